The molecule has 156 valence electrons. The van der Waals surface area contributed by atoms with Crippen molar-refractivity contribution >= 4 is 5.97 Å². The number of carbonyl (C=O) groups excluding carboxylic acids is 1. The van der Waals surface area contributed by atoms with Gasteiger partial charge in [0.15, 0.2) is 11.9 Å². The van der Waals surface area contributed by atoms with Crippen LogP contribution in [0.25, 0.3) is 22.5 Å². The average Bonchev–Trinajstić information content (AvgIpc) is 2.73. The molecule has 0 spiro atoms. The van der Waals surface area contributed by atoms with Gasteiger partial charge in [-0.2, -0.15) is 13.2 Å². The summed E-state index contributed by atoms with van der Waals surface area (Å²) >= 11 is 0. The van der Waals surface area contributed by atoms with Crippen molar-refractivity contribution in [2.24, 2.45) is 0 Å². The summed E-state index contributed by atoms with van der Waals surface area (Å²) in [5, 5.41) is 9.91. The van der Waals surface area contributed by atoms with E-state index < -0.39 is 18.2 Å². The maximum atomic E-state index is 12.9. The third kappa shape index (κ3) is 4.94. The van der Waals surface area contributed by atoms with Crippen LogP contribution in [0.4, 0.5) is 13.2 Å². The van der Waals surface area contributed by atoms with Gasteiger partial charge in [-0.3, -0.25) is 0 Å². The van der Waals surface area contributed by atoms with Gasteiger partial charge in [0, 0.05) is 29.1 Å². The Labute approximate surface area is 171 Å². The molecule has 0 saturated carbocycles. The molecule has 0 fully saturated rings. The van der Waals surface area contributed by atoms with Crippen molar-refractivity contribution in [1.82, 2.24) is 9.97 Å². The molecule has 0 saturated heterocycles. The third-order valence-corrected chi connectivity index (χ3v) is 4.41. The zero-order chi connectivity index (χ0) is 21.7. The fraction of sp³-hybridized carbons (Fsp3) is 0.227. The highest BCUT2D eigenvalue weighted by molar-refractivity contribution is 5.90. The molecule has 8 heteroatoms. The van der Waals surface area contributed by atoms with Crippen molar-refractivity contribution in [3.63, 3.8) is 0 Å². The van der Waals surface area contributed by atoms with E-state index >= 15 is 0 Å². The summed E-state index contributed by atoms with van der Waals surface area (Å²) in [6, 6.07) is 12.6. The van der Waals surface area contributed by atoms with Gasteiger partial charge in [-0.1, -0.05) is 43.7 Å². The van der Waals surface area contributed by atoms with E-state index in [1.54, 1.807) is 43.6 Å². The van der Waals surface area contributed by atoms with Crippen LogP contribution in [-0.4, -0.2) is 33.3 Å². The van der Waals surface area contributed by atoms with Gasteiger partial charge in [0.25, 0.3) is 0 Å². The number of phenols is 1. The Hall–Kier alpha value is -3.42. The highest BCUT2D eigenvalue weighted by Crippen LogP contribution is 2.29. The van der Waals surface area contributed by atoms with Crippen molar-refractivity contribution in [2.75, 3.05) is 0 Å². The molecule has 1 unspecified atom stereocenters. The summed E-state index contributed by atoms with van der Waals surface area (Å²) in [6.07, 6.45) is -3.67. The summed E-state index contributed by atoms with van der Waals surface area (Å²) in [5.41, 5.74) is 1.81. The average molecular weight is 416 g/mol. The molecule has 1 aromatic heterocycles. The molecule has 0 aliphatic rings. The van der Waals surface area contributed by atoms with Crippen LogP contribution < -0.4 is 0 Å². The first kappa shape index (κ1) is 21.3. The van der Waals surface area contributed by atoms with E-state index in [0.29, 0.717) is 22.5 Å². The molecule has 0 radical (unpaired) electrons. The zero-order valence-corrected chi connectivity index (χ0v) is 16.1. The maximum absolute atomic E-state index is 12.9. The van der Waals surface area contributed by atoms with Gasteiger partial charge in [-0.15, -0.1) is 0 Å². The Morgan fingerprint density at radius 3 is 2.23 bits per heavy atom. The minimum absolute atomic E-state index is 0.00920. The number of aromatic hydroxyl groups is 1. The monoisotopic (exact) mass is 416 g/mol. The van der Waals surface area contributed by atoms with Crippen LogP contribution in [0.15, 0.2) is 60.9 Å². The summed E-state index contributed by atoms with van der Waals surface area (Å²) in [4.78, 5) is 20.6. The normalized spacial score (nSPS) is 12.4. The minimum Gasteiger partial charge on any atom is -0.507 e. The predicted octanol–water partition coefficient (Wildman–Crippen LogP) is 5.40. The summed E-state index contributed by atoms with van der Waals surface area (Å²) in [6.45, 7) is 1.59. The topological polar surface area (TPSA) is 72.3 Å². The van der Waals surface area contributed by atoms with E-state index in [1.807, 2.05) is 0 Å². The number of esters is 1. The van der Waals surface area contributed by atoms with Crippen molar-refractivity contribution in [1.29, 1.82) is 0 Å². The standard InChI is InChI=1S/C22H19F3N2O3/c1-2-5-19(22(23,24)25)30-21(29)15-10-8-14(9-11-15)20-26-12-16(13-27-20)17-6-3-4-7-18(17)28/h3-4,6-13,19,28H,2,5H2,1H3. The fourth-order valence-corrected chi connectivity index (χ4v) is 2.84. The lowest BCUT2D eigenvalue weighted by molar-refractivity contribution is -0.206. The third-order valence-electron chi connectivity index (χ3n) is 4.41. The fourth-order valence-electron chi connectivity index (χ4n) is 2.84. The molecule has 2 aromatic carbocycles. The molecule has 0 aliphatic heterocycles. The van der Waals surface area contributed by atoms with Crippen LogP contribution in [0.2, 0.25) is 0 Å². The SMILES string of the molecule is CCCC(OC(=O)c1ccc(-c2ncc(-c3ccccc3O)cn2)cc1)C(F)(F)F. The largest absolute Gasteiger partial charge is 0.507 e. The summed E-state index contributed by atoms with van der Waals surface area (Å²) in [7, 11) is 0. The van der Waals surface area contributed by atoms with E-state index in [0.717, 1.165) is 0 Å². The van der Waals surface area contributed by atoms with Crippen molar-refractivity contribution in [3.05, 3.63) is 66.5 Å². The van der Waals surface area contributed by atoms with Crippen LogP contribution in [0, 0.1) is 0 Å². The number of hydrogen-bond acceptors (Lipinski definition) is 5. The zero-order valence-electron chi connectivity index (χ0n) is 16.1. The van der Waals surface area contributed by atoms with Crippen LogP contribution in [-0.2, 0) is 4.74 Å². The molecular weight excluding hydrogens is 397 g/mol. The summed E-state index contributed by atoms with van der Waals surface area (Å²) < 4.78 is 43.5. The molecule has 30 heavy (non-hydrogen) atoms. The highest BCUT2D eigenvalue weighted by Gasteiger charge is 2.42. The van der Waals surface area contributed by atoms with Crippen LogP contribution in [0.5, 0.6) is 5.75 Å². The van der Waals surface area contributed by atoms with Crippen LogP contribution in [0.1, 0.15) is 30.1 Å². The van der Waals surface area contributed by atoms with E-state index in [1.165, 1.54) is 24.3 Å². The Bertz CT molecular complexity index is 1000. The van der Waals surface area contributed by atoms with E-state index in [9.17, 15) is 23.1 Å². The van der Waals surface area contributed by atoms with Gasteiger partial charge in [0.05, 0.1) is 5.56 Å². The van der Waals surface area contributed by atoms with Gasteiger partial charge in [0.1, 0.15) is 5.75 Å². The van der Waals surface area contributed by atoms with Crippen molar-refractivity contribution in [3.8, 4) is 28.3 Å². The lowest BCUT2D eigenvalue weighted by Crippen LogP contribution is -2.33. The molecule has 5 nitrogen and oxygen atoms in total. The Morgan fingerprint density at radius 1 is 1.03 bits per heavy atom. The van der Waals surface area contributed by atoms with Gasteiger partial charge in [-0.05, 0) is 24.6 Å². The number of aromatic nitrogens is 2. The first-order valence-corrected chi connectivity index (χ1v) is 9.28. The van der Waals surface area contributed by atoms with Gasteiger partial charge in [0.2, 0.25) is 0 Å². The number of nitrogens with zero attached hydrogens (tertiary/aromatic N) is 2. The second kappa shape index (κ2) is 8.94. The number of halogens is 3. The molecule has 0 amide bonds. The second-order valence-corrected chi connectivity index (χ2v) is 6.61. The lowest BCUT2D eigenvalue weighted by atomic mass is 10.1. The highest BCUT2D eigenvalue weighted by atomic mass is 19.4. The smallest absolute Gasteiger partial charge is 0.425 e. The molecule has 3 rings (SSSR count). The number of para-hydroxylation sites is 1. The molecule has 1 atom stereocenters. The first-order chi connectivity index (χ1) is 14.3. The van der Waals surface area contributed by atoms with E-state index in [-0.39, 0.29) is 24.2 Å². The Balaban J connectivity index is 1.74. The molecular formula is C22H19F3N2O3. The van der Waals surface area contributed by atoms with Crippen LogP contribution in [0.3, 0.4) is 0 Å². The summed E-state index contributed by atoms with van der Waals surface area (Å²) in [5.74, 6) is -0.557. The lowest BCUT2D eigenvalue weighted by Gasteiger charge is -2.20. The maximum Gasteiger partial charge on any atom is 0.425 e. The van der Waals surface area contributed by atoms with E-state index in [2.05, 4.69) is 14.7 Å². The van der Waals surface area contributed by atoms with E-state index in [4.69, 9.17) is 0 Å². The molecule has 0 bridgehead atoms. The number of phenolic OH excluding ortho intramolecular Hbond substituents is 1. The number of hydrogen-bond donors (Lipinski definition) is 1. The predicted molar refractivity (Wildman–Crippen MR) is 105 cm³/mol. The van der Waals surface area contributed by atoms with Crippen molar-refractivity contribution in [2.45, 2.75) is 32.0 Å². The van der Waals surface area contributed by atoms with Crippen LogP contribution >= 0.6 is 0 Å². The quantitative estimate of drug-likeness (QED) is 0.545. The molecule has 1 N–H and O–H groups in total. The van der Waals surface area contributed by atoms with Crippen molar-refractivity contribution < 1.29 is 27.8 Å². The number of alkyl halides is 3. The molecule has 3 aromatic rings. The Kier molecular flexibility index (Phi) is 6.34. The number of ether oxygens (including phenoxy) is 1. The molecule has 0 aliphatic carbocycles. The number of benzene rings is 2. The second-order valence-electron chi connectivity index (χ2n) is 6.61. The molecule has 1 heterocycles. The van der Waals surface area contributed by atoms with Gasteiger partial charge in [-0.25, -0.2) is 14.8 Å². The Morgan fingerprint density at radius 2 is 1.67 bits per heavy atom. The first-order valence-electron chi connectivity index (χ1n) is 9.28. The van der Waals surface area contributed by atoms with Gasteiger partial charge < -0.3 is 9.84 Å². The van der Waals surface area contributed by atoms with Gasteiger partial charge >= 0.3 is 12.1 Å². The number of rotatable bonds is 6. The number of carbonyl (C=O) groups is 1. The minimum atomic E-state index is -4.60.